The van der Waals surface area contributed by atoms with E-state index in [9.17, 15) is 0 Å². The van der Waals surface area contributed by atoms with Gasteiger partial charge >= 0.3 is 0 Å². The molecule has 0 aromatic carbocycles. The van der Waals surface area contributed by atoms with Crippen molar-refractivity contribution >= 4 is 0 Å². The molecule has 0 aliphatic rings. The van der Waals surface area contributed by atoms with Crippen LogP contribution < -0.4 is 0 Å². The Kier molecular flexibility index (Phi) is 8.53. The number of nitrogens with zero attached hydrogens (tertiary/aromatic N) is 1. The van der Waals surface area contributed by atoms with Gasteiger partial charge in [-0.3, -0.25) is 0 Å². The topological polar surface area (TPSA) is 3.24 Å². The van der Waals surface area contributed by atoms with Crippen LogP contribution in [0.1, 0.15) is 54.4 Å². The van der Waals surface area contributed by atoms with Crippen LogP contribution in [0.2, 0.25) is 0 Å². The summed E-state index contributed by atoms with van der Waals surface area (Å²) >= 11 is 0. The van der Waals surface area contributed by atoms with E-state index in [0.717, 1.165) is 13.1 Å². The average molecular weight is 249 g/mol. The summed E-state index contributed by atoms with van der Waals surface area (Å²) in [6.07, 6.45) is 6.62. The third kappa shape index (κ3) is 5.12. The van der Waals surface area contributed by atoms with Gasteiger partial charge in [0.05, 0.1) is 0 Å². The minimum absolute atomic E-state index is 0.682. The second-order valence-electron chi connectivity index (χ2n) is 4.97. The normalized spacial score (nSPS) is 15.1. The lowest BCUT2D eigenvalue weighted by molar-refractivity contribution is 0.330. The predicted octanol–water partition coefficient (Wildman–Crippen LogP) is 5.17. The summed E-state index contributed by atoms with van der Waals surface area (Å²) in [4.78, 5) is 2.46. The molecular weight excluding hydrogens is 218 g/mol. The molecule has 18 heavy (non-hydrogen) atoms. The molecule has 0 bridgehead atoms. The molecule has 1 nitrogen and oxygen atoms in total. The van der Waals surface area contributed by atoms with Crippen LogP contribution in [0.5, 0.6) is 0 Å². The lowest BCUT2D eigenvalue weighted by Gasteiger charge is -2.27. The smallest absolute Gasteiger partial charge is 0.0180 e. The summed E-state index contributed by atoms with van der Waals surface area (Å²) in [5.41, 5.74) is 4.23. The van der Waals surface area contributed by atoms with E-state index in [1.54, 1.807) is 0 Å². The average Bonchev–Trinajstić information content (AvgIpc) is 2.41. The molecule has 0 amide bonds. The molecular formula is C17H31N. The largest absolute Gasteiger partial charge is 0.376 e. The predicted molar refractivity (Wildman–Crippen MR) is 83.6 cm³/mol. The van der Waals surface area contributed by atoms with Gasteiger partial charge in [-0.15, -0.1) is 0 Å². The summed E-state index contributed by atoms with van der Waals surface area (Å²) in [5.74, 6) is 0.682. The highest BCUT2D eigenvalue weighted by Crippen LogP contribution is 2.23. The summed E-state index contributed by atoms with van der Waals surface area (Å²) in [7, 11) is 0. The van der Waals surface area contributed by atoms with Crippen molar-refractivity contribution in [3.63, 3.8) is 0 Å². The first kappa shape index (κ1) is 17.0. The molecule has 0 fully saturated rings. The first-order valence-corrected chi connectivity index (χ1v) is 7.19. The van der Waals surface area contributed by atoms with Gasteiger partial charge in [0.1, 0.15) is 0 Å². The first-order valence-electron chi connectivity index (χ1n) is 7.19. The van der Waals surface area contributed by atoms with Crippen LogP contribution in [0.3, 0.4) is 0 Å². The summed E-state index contributed by atoms with van der Waals surface area (Å²) < 4.78 is 0. The van der Waals surface area contributed by atoms with Gasteiger partial charge in [0.25, 0.3) is 0 Å². The highest BCUT2D eigenvalue weighted by Gasteiger charge is 2.12. The lowest BCUT2D eigenvalue weighted by atomic mass is 9.90. The van der Waals surface area contributed by atoms with Crippen molar-refractivity contribution in [2.75, 3.05) is 13.1 Å². The zero-order valence-corrected chi connectivity index (χ0v) is 13.2. The second kappa shape index (κ2) is 9.02. The molecule has 0 radical (unpaired) electrons. The van der Waals surface area contributed by atoms with Crippen molar-refractivity contribution in [3.8, 4) is 0 Å². The van der Waals surface area contributed by atoms with Crippen LogP contribution in [-0.4, -0.2) is 18.0 Å². The lowest BCUT2D eigenvalue weighted by Crippen LogP contribution is -2.24. The fourth-order valence-electron chi connectivity index (χ4n) is 2.29. The maximum Gasteiger partial charge on any atom is 0.0180 e. The SMILES string of the molecule is C=C/C(C)=C(\C)C(CC)CCN(CC)/C(C)=C/C. The van der Waals surface area contributed by atoms with E-state index in [4.69, 9.17) is 0 Å². The molecule has 1 heteroatoms. The van der Waals surface area contributed by atoms with Crippen LogP contribution in [-0.2, 0) is 0 Å². The van der Waals surface area contributed by atoms with Gasteiger partial charge in [0.2, 0.25) is 0 Å². The molecule has 0 N–H and O–H groups in total. The van der Waals surface area contributed by atoms with Gasteiger partial charge in [-0.25, -0.2) is 0 Å². The molecule has 1 unspecified atom stereocenters. The Labute approximate surface area is 114 Å². The minimum Gasteiger partial charge on any atom is -0.376 e. The Hall–Kier alpha value is -0.980. The second-order valence-corrected chi connectivity index (χ2v) is 4.97. The molecule has 0 aromatic rings. The highest BCUT2D eigenvalue weighted by atomic mass is 15.1. The highest BCUT2D eigenvalue weighted by molar-refractivity contribution is 5.22. The Bertz CT molecular complexity index is 310. The van der Waals surface area contributed by atoms with Crippen molar-refractivity contribution in [3.05, 3.63) is 35.6 Å². The Balaban J connectivity index is 4.62. The number of hydrogen-bond donors (Lipinski definition) is 0. The van der Waals surface area contributed by atoms with Gasteiger partial charge in [-0.05, 0) is 53.4 Å². The molecule has 0 aliphatic carbocycles. The van der Waals surface area contributed by atoms with E-state index in [1.807, 2.05) is 6.08 Å². The van der Waals surface area contributed by atoms with E-state index in [1.165, 1.54) is 29.7 Å². The van der Waals surface area contributed by atoms with E-state index in [-0.39, 0.29) is 0 Å². The molecule has 0 aliphatic heterocycles. The Morgan fingerprint density at radius 3 is 2.22 bits per heavy atom. The molecule has 0 heterocycles. The maximum atomic E-state index is 3.87. The molecule has 1 atom stereocenters. The van der Waals surface area contributed by atoms with E-state index in [2.05, 4.69) is 59.1 Å². The van der Waals surface area contributed by atoms with Crippen molar-refractivity contribution in [2.24, 2.45) is 5.92 Å². The Morgan fingerprint density at radius 1 is 1.22 bits per heavy atom. The zero-order chi connectivity index (χ0) is 14.1. The van der Waals surface area contributed by atoms with Gasteiger partial charge in [-0.2, -0.15) is 0 Å². The number of rotatable bonds is 8. The monoisotopic (exact) mass is 249 g/mol. The van der Waals surface area contributed by atoms with Crippen LogP contribution in [0, 0.1) is 5.92 Å². The Morgan fingerprint density at radius 2 is 1.83 bits per heavy atom. The van der Waals surface area contributed by atoms with Crippen molar-refractivity contribution in [1.29, 1.82) is 0 Å². The number of allylic oxidation sites excluding steroid dienone is 5. The van der Waals surface area contributed by atoms with Crippen LogP contribution >= 0.6 is 0 Å². The van der Waals surface area contributed by atoms with Crippen molar-refractivity contribution in [2.45, 2.75) is 54.4 Å². The van der Waals surface area contributed by atoms with Crippen LogP contribution in [0.4, 0.5) is 0 Å². The van der Waals surface area contributed by atoms with E-state index in [0.29, 0.717) is 5.92 Å². The zero-order valence-electron chi connectivity index (χ0n) is 13.2. The van der Waals surface area contributed by atoms with Crippen LogP contribution in [0.15, 0.2) is 35.6 Å². The van der Waals surface area contributed by atoms with Gasteiger partial charge < -0.3 is 4.90 Å². The first-order chi connectivity index (χ1) is 8.51. The van der Waals surface area contributed by atoms with Crippen LogP contribution in [0.25, 0.3) is 0 Å². The maximum absolute atomic E-state index is 3.87. The molecule has 0 aromatic heterocycles. The molecule has 0 spiro atoms. The van der Waals surface area contributed by atoms with Gasteiger partial charge in [-0.1, -0.05) is 36.8 Å². The van der Waals surface area contributed by atoms with Crippen molar-refractivity contribution < 1.29 is 0 Å². The summed E-state index contributed by atoms with van der Waals surface area (Å²) in [6, 6.07) is 0. The van der Waals surface area contributed by atoms with Gasteiger partial charge in [0, 0.05) is 18.8 Å². The molecule has 0 rings (SSSR count). The fraction of sp³-hybridized carbons (Fsp3) is 0.647. The van der Waals surface area contributed by atoms with E-state index < -0.39 is 0 Å². The van der Waals surface area contributed by atoms with E-state index >= 15 is 0 Å². The standard InChI is InChI=1S/C17H31N/c1-8-14(5)16(7)17(10-3)12-13-18(11-4)15(6)9-2/h8-9,17H,1,10-13H2,2-7H3/b15-9+,16-14+. The third-order valence-electron chi connectivity index (χ3n) is 4.08. The number of hydrogen-bond acceptors (Lipinski definition) is 1. The molecule has 104 valence electrons. The minimum atomic E-state index is 0.682. The fourth-order valence-corrected chi connectivity index (χ4v) is 2.29. The summed E-state index contributed by atoms with van der Waals surface area (Å²) in [5, 5.41) is 0. The molecule has 0 saturated carbocycles. The van der Waals surface area contributed by atoms with Gasteiger partial charge in [0.15, 0.2) is 0 Å². The van der Waals surface area contributed by atoms with Crippen molar-refractivity contribution in [1.82, 2.24) is 4.90 Å². The molecule has 0 saturated heterocycles. The summed E-state index contributed by atoms with van der Waals surface area (Å²) in [6.45, 7) is 19.4. The third-order valence-corrected chi connectivity index (χ3v) is 4.08. The quantitative estimate of drug-likeness (QED) is 0.536.